The molecule has 0 bridgehead atoms. The highest BCUT2D eigenvalue weighted by Gasteiger charge is 2.41. The highest BCUT2D eigenvalue weighted by atomic mass is 32.2. The number of nitrogens with one attached hydrogen (secondary N) is 1. The SMILES string of the molecule is O=S(=NCC1CC1)(N[C@@H]1CCC[C@@H](N2c3ccccc3Oc3ccccc32)[C@@H]1O)c1ccc(OC(F)(F)F)cc1. The maximum atomic E-state index is 14.3. The summed E-state index contributed by atoms with van der Waals surface area (Å²) in [5, 5.41) is 11.7. The zero-order valence-corrected chi connectivity index (χ0v) is 22.4. The molecule has 2 fully saturated rings. The van der Waals surface area contributed by atoms with Gasteiger partial charge < -0.3 is 19.5 Å². The third-order valence-electron chi connectivity index (χ3n) is 7.52. The van der Waals surface area contributed by atoms with Gasteiger partial charge in [0.15, 0.2) is 11.5 Å². The summed E-state index contributed by atoms with van der Waals surface area (Å²) in [6, 6.07) is 19.4. The lowest BCUT2D eigenvalue weighted by Crippen LogP contribution is -2.56. The molecule has 3 aromatic rings. The number of aliphatic hydroxyl groups excluding tert-OH is 1. The number of para-hydroxylation sites is 4. The van der Waals surface area contributed by atoms with Gasteiger partial charge in [0.05, 0.1) is 35.0 Å². The van der Waals surface area contributed by atoms with Crippen molar-refractivity contribution in [3.8, 4) is 17.2 Å². The van der Waals surface area contributed by atoms with Crippen molar-refractivity contribution in [1.29, 1.82) is 0 Å². The lowest BCUT2D eigenvalue weighted by atomic mass is 9.86. The van der Waals surface area contributed by atoms with E-state index in [1.165, 1.54) is 12.1 Å². The first-order chi connectivity index (χ1) is 19.2. The van der Waals surface area contributed by atoms with E-state index in [9.17, 15) is 22.5 Å². The average Bonchev–Trinajstić information content (AvgIpc) is 3.76. The van der Waals surface area contributed by atoms with Crippen molar-refractivity contribution >= 4 is 21.3 Å². The minimum Gasteiger partial charge on any atom is -0.453 e. The maximum absolute atomic E-state index is 14.3. The first-order valence-electron chi connectivity index (χ1n) is 13.4. The number of anilines is 2. The van der Waals surface area contributed by atoms with Crippen LogP contribution in [0.1, 0.15) is 32.1 Å². The Morgan fingerprint density at radius 1 is 0.950 bits per heavy atom. The lowest BCUT2D eigenvalue weighted by Gasteiger charge is -2.45. The molecule has 2 saturated carbocycles. The summed E-state index contributed by atoms with van der Waals surface area (Å²) in [6.45, 7) is 0.378. The van der Waals surface area contributed by atoms with Crippen LogP contribution in [0.2, 0.25) is 0 Å². The number of nitrogens with zero attached hydrogens (tertiary/aromatic N) is 2. The molecule has 0 spiro atoms. The molecule has 1 aliphatic heterocycles. The van der Waals surface area contributed by atoms with Gasteiger partial charge in [-0.2, -0.15) is 0 Å². The van der Waals surface area contributed by atoms with Gasteiger partial charge in [-0.1, -0.05) is 24.3 Å². The number of hydrogen-bond donors (Lipinski definition) is 2. The molecular formula is C29H30F3N3O4S. The van der Waals surface area contributed by atoms with Gasteiger partial charge >= 0.3 is 6.36 Å². The number of ether oxygens (including phenoxy) is 2. The molecule has 4 atom stereocenters. The second-order valence-electron chi connectivity index (χ2n) is 10.4. The lowest BCUT2D eigenvalue weighted by molar-refractivity contribution is -0.274. The molecule has 0 amide bonds. The van der Waals surface area contributed by atoms with Crippen molar-refractivity contribution in [1.82, 2.24) is 4.72 Å². The molecule has 11 heteroatoms. The Kier molecular flexibility index (Phi) is 7.14. The predicted octanol–water partition coefficient (Wildman–Crippen LogP) is 6.55. The molecule has 1 heterocycles. The first-order valence-corrected chi connectivity index (χ1v) is 14.9. The zero-order chi connectivity index (χ0) is 27.9. The third-order valence-corrected chi connectivity index (χ3v) is 9.57. The fraction of sp³-hybridized carbons (Fsp3) is 0.379. The van der Waals surface area contributed by atoms with Gasteiger partial charge in [0.1, 0.15) is 15.7 Å². The molecule has 7 nitrogen and oxygen atoms in total. The smallest absolute Gasteiger partial charge is 0.453 e. The molecule has 1 unspecified atom stereocenters. The molecule has 40 heavy (non-hydrogen) atoms. The minimum atomic E-state index is -4.82. The molecule has 2 aliphatic carbocycles. The minimum absolute atomic E-state index is 0.249. The molecule has 3 aromatic carbocycles. The van der Waals surface area contributed by atoms with Crippen LogP contribution in [-0.4, -0.2) is 40.4 Å². The quantitative estimate of drug-likeness (QED) is 0.335. The molecule has 3 aliphatic rings. The van der Waals surface area contributed by atoms with E-state index in [1.54, 1.807) is 0 Å². The van der Waals surface area contributed by atoms with Crippen LogP contribution in [0.15, 0.2) is 82.1 Å². The molecular weight excluding hydrogens is 543 g/mol. The van der Waals surface area contributed by atoms with Crippen LogP contribution in [-0.2, 0) is 9.92 Å². The Hall–Kier alpha value is -3.28. The largest absolute Gasteiger partial charge is 0.573 e. The Bertz CT molecular complexity index is 1440. The van der Waals surface area contributed by atoms with Crippen molar-refractivity contribution in [2.24, 2.45) is 10.3 Å². The van der Waals surface area contributed by atoms with Crippen molar-refractivity contribution in [3.05, 3.63) is 72.8 Å². The topological polar surface area (TPSA) is 83.4 Å². The van der Waals surface area contributed by atoms with E-state index in [4.69, 9.17) is 4.74 Å². The number of hydrogen-bond acceptors (Lipinski definition) is 6. The van der Waals surface area contributed by atoms with Crippen LogP contribution in [0.5, 0.6) is 17.2 Å². The van der Waals surface area contributed by atoms with Crippen molar-refractivity contribution < 1.29 is 32.0 Å². The number of halogens is 3. The van der Waals surface area contributed by atoms with Crippen molar-refractivity contribution in [3.63, 3.8) is 0 Å². The van der Waals surface area contributed by atoms with Gasteiger partial charge in [-0.15, -0.1) is 13.2 Å². The van der Waals surface area contributed by atoms with E-state index in [-0.39, 0.29) is 10.9 Å². The van der Waals surface area contributed by atoms with E-state index < -0.39 is 34.2 Å². The first kappa shape index (κ1) is 26.9. The molecule has 0 saturated heterocycles. The van der Waals surface area contributed by atoms with Crippen LogP contribution in [0.25, 0.3) is 0 Å². The number of fused-ring (bicyclic) bond motifs is 2. The van der Waals surface area contributed by atoms with Crippen LogP contribution in [0.4, 0.5) is 24.5 Å². The number of rotatable bonds is 7. The third kappa shape index (κ3) is 5.63. The van der Waals surface area contributed by atoms with E-state index >= 15 is 0 Å². The molecule has 212 valence electrons. The van der Waals surface area contributed by atoms with E-state index in [0.717, 1.165) is 42.8 Å². The maximum Gasteiger partial charge on any atom is 0.573 e. The van der Waals surface area contributed by atoms with Gasteiger partial charge in [0, 0.05) is 6.04 Å². The monoisotopic (exact) mass is 573 g/mol. The Morgan fingerprint density at radius 3 is 2.17 bits per heavy atom. The van der Waals surface area contributed by atoms with E-state index in [1.807, 2.05) is 48.5 Å². The molecule has 0 radical (unpaired) electrons. The summed E-state index contributed by atoms with van der Waals surface area (Å²) in [7, 11) is -3.26. The van der Waals surface area contributed by atoms with Gasteiger partial charge in [-0.25, -0.2) is 13.3 Å². The zero-order valence-electron chi connectivity index (χ0n) is 21.6. The number of benzene rings is 3. The molecule has 0 aromatic heterocycles. The predicted molar refractivity (Wildman–Crippen MR) is 145 cm³/mol. The van der Waals surface area contributed by atoms with Crippen LogP contribution in [0, 0.1) is 5.92 Å². The van der Waals surface area contributed by atoms with Crippen LogP contribution in [0.3, 0.4) is 0 Å². The Morgan fingerprint density at radius 2 is 1.57 bits per heavy atom. The highest BCUT2D eigenvalue weighted by molar-refractivity contribution is 7.91. The van der Waals surface area contributed by atoms with Gasteiger partial charge in [-0.05, 0) is 86.6 Å². The summed E-state index contributed by atoms with van der Waals surface area (Å²) in [5.41, 5.74) is 1.68. The normalized spacial score (nSPS) is 23.8. The fourth-order valence-electron chi connectivity index (χ4n) is 5.38. The number of aliphatic hydroxyl groups is 1. The fourth-order valence-corrected chi connectivity index (χ4v) is 7.33. The van der Waals surface area contributed by atoms with Gasteiger partial charge in [-0.3, -0.25) is 0 Å². The van der Waals surface area contributed by atoms with Crippen molar-refractivity contribution in [2.75, 3.05) is 11.4 Å². The van der Waals surface area contributed by atoms with Crippen molar-refractivity contribution in [2.45, 2.75) is 61.5 Å². The summed E-state index contributed by atoms with van der Waals surface area (Å²) in [6.07, 6.45) is -1.71. The summed E-state index contributed by atoms with van der Waals surface area (Å²) in [4.78, 5) is 2.35. The second kappa shape index (κ2) is 10.6. The van der Waals surface area contributed by atoms with Gasteiger partial charge in [0.25, 0.3) is 0 Å². The van der Waals surface area contributed by atoms with E-state index in [2.05, 4.69) is 18.7 Å². The number of alkyl halides is 3. The Balaban J connectivity index is 1.30. The standard InChI is InChI=1S/C29H30F3N3O4S/c30-29(31,32)39-20-14-16-21(17-15-20)40(37,33-18-19-12-13-19)34-22-6-5-9-25(28(22)36)35-23-7-1-3-10-26(23)38-27-11-4-2-8-24(27)35/h1-4,7-8,10-11,14-17,19,22,25,28,36H,5-6,9,12-13,18H2,(H,33,34,37)/t22-,25-,28-,40?/m1/s1. The summed E-state index contributed by atoms with van der Waals surface area (Å²) in [5.74, 6) is 1.32. The molecule has 2 N–H and O–H groups in total. The average molecular weight is 574 g/mol. The van der Waals surface area contributed by atoms with E-state index in [0.29, 0.717) is 36.8 Å². The van der Waals surface area contributed by atoms with Gasteiger partial charge in [0.2, 0.25) is 0 Å². The summed E-state index contributed by atoms with van der Waals surface area (Å²) < 4.78 is 70.1. The highest BCUT2D eigenvalue weighted by Crippen LogP contribution is 2.49. The second-order valence-corrected chi connectivity index (χ2v) is 12.4. The summed E-state index contributed by atoms with van der Waals surface area (Å²) >= 11 is 0. The Labute approximate surface area is 231 Å². The van der Waals surface area contributed by atoms with Crippen LogP contribution >= 0.6 is 0 Å². The molecule has 6 rings (SSSR count). The van der Waals surface area contributed by atoms with Crippen LogP contribution < -0.4 is 19.1 Å².